The second kappa shape index (κ2) is 7.84. The number of carboxylic acids is 1. The molecule has 1 N–H and O–H groups in total. The molecule has 1 heterocycles. The molecule has 0 atom stereocenters. The molecule has 2 amide bonds. The van der Waals surface area contributed by atoms with E-state index in [1.54, 1.807) is 18.7 Å². The first kappa shape index (κ1) is 16.4. The number of carbonyl (C=O) groups excluding carboxylic acids is 2. The minimum Gasteiger partial charge on any atom is -0.480 e. The van der Waals surface area contributed by atoms with Crippen molar-refractivity contribution in [1.82, 2.24) is 9.80 Å². The van der Waals surface area contributed by atoms with Gasteiger partial charge in [-0.05, 0) is 13.8 Å². The average Bonchev–Trinajstić information content (AvgIpc) is 2.42. The Kier molecular flexibility index (Phi) is 6.44. The van der Waals surface area contributed by atoms with E-state index in [0.29, 0.717) is 26.3 Å². The molecule has 1 aliphatic rings. The maximum absolute atomic E-state index is 12.0. The van der Waals surface area contributed by atoms with Gasteiger partial charge in [0.2, 0.25) is 11.8 Å². The highest BCUT2D eigenvalue weighted by Crippen LogP contribution is 2.07. The Morgan fingerprint density at radius 1 is 1.20 bits per heavy atom. The summed E-state index contributed by atoms with van der Waals surface area (Å²) in [4.78, 5) is 37.5. The number of hydrogen-bond acceptors (Lipinski definition) is 4. The monoisotopic (exact) mass is 286 g/mol. The normalized spacial score (nSPS) is 15.2. The van der Waals surface area contributed by atoms with Crippen molar-refractivity contribution < 1.29 is 24.2 Å². The van der Waals surface area contributed by atoms with Crippen molar-refractivity contribution in [3.05, 3.63) is 0 Å². The van der Waals surface area contributed by atoms with Crippen LogP contribution in [0.2, 0.25) is 0 Å². The number of hydrogen-bond donors (Lipinski definition) is 1. The van der Waals surface area contributed by atoms with Gasteiger partial charge in [-0.1, -0.05) is 0 Å². The lowest BCUT2D eigenvalue weighted by Crippen LogP contribution is -2.43. The first-order valence-electron chi connectivity index (χ1n) is 6.78. The topological polar surface area (TPSA) is 87.2 Å². The van der Waals surface area contributed by atoms with E-state index in [1.807, 2.05) is 0 Å². The third-order valence-electron chi connectivity index (χ3n) is 3.17. The largest absolute Gasteiger partial charge is 0.480 e. The Hall–Kier alpha value is -1.63. The summed E-state index contributed by atoms with van der Waals surface area (Å²) in [6.07, 6.45) is 0.156. The molecule has 20 heavy (non-hydrogen) atoms. The van der Waals surface area contributed by atoms with Gasteiger partial charge >= 0.3 is 5.97 Å². The Balaban J connectivity index is 2.43. The molecular weight excluding hydrogens is 264 g/mol. The van der Waals surface area contributed by atoms with Crippen molar-refractivity contribution >= 4 is 17.8 Å². The van der Waals surface area contributed by atoms with Crippen molar-refractivity contribution in [2.45, 2.75) is 32.7 Å². The van der Waals surface area contributed by atoms with Crippen LogP contribution in [0.25, 0.3) is 0 Å². The zero-order valence-corrected chi connectivity index (χ0v) is 12.0. The summed E-state index contributed by atoms with van der Waals surface area (Å²) in [6, 6.07) is -0.197. The molecule has 1 aliphatic heterocycles. The number of carboxylic acid groups (broad SMARTS) is 1. The summed E-state index contributed by atoms with van der Waals surface area (Å²) in [5, 5.41) is 8.78. The van der Waals surface area contributed by atoms with E-state index >= 15 is 0 Å². The molecule has 1 fully saturated rings. The van der Waals surface area contributed by atoms with Gasteiger partial charge in [0.15, 0.2) is 0 Å². The SMILES string of the molecule is CC(C)N(CC(=O)O)C(=O)CCC(=O)N1CCOCC1. The fourth-order valence-corrected chi connectivity index (χ4v) is 2.03. The molecule has 7 nitrogen and oxygen atoms in total. The lowest BCUT2D eigenvalue weighted by Gasteiger charge is -2.28. The molecule has 0 aliphatic carbocycles. The molecule has 0 spiro atoms. The number of nitrogens with zero attached hydrogens (tertiary/aromatic N) is 2. The molecule has 7 heteroatoms. The van der Waals surface area contributed by atoms with Gasteiger partial charge in [0.25, 0.3) is 0 Å². The van der Waals surface area contributed by atoms with E-state index in [9.17, 15) is 14.4 Å². The van der Waals surface area contributed by atoms with E-state index in [1.165, 1.54) is 4.90 Å². The van der Waals surface area contributed by atoms with Crippen LogP contribution in [0.5, 0.6) is 0 Å². The number of rotatable bonds is 6. The minimum absolute atomic E-state index is 0.0433. The lowest BCUT2D eigenvalue weighted by atomic mass is 10.2. The van der Waals surface area contributed by atoms with Gasteiger partial charge in [-0.15, -0.1) is 0 Å². The molecule has 0 bridgehead atoms. The van der Waals surface area contributed by atoms with Crippen molar-refractivity contribution in [2.24, 2.45) is 0 Å². The Bertz CT molecular complexity index is 364. The molecule has 0 aromatic carbocycles. The number of amides is 2. The van der Waals surface area contributed by atoms with Crippen molar-refractivity contribution in [1.29, 1.82) is 0 Å². The maximum atomic E-state index is 12.0. The molecule has 1 saturated heterocycles. The van der Waals surface area contributed by atoms with Crippen LogP contribution in [0, 0.1) is 0 Å². The van der Waals surface area contributed by atoms with E-state index < -0.39 is 5.97 Å². The predicted octanol–water partition coefficient (Wildman–Crippen LogP) is -0.0530. The molecule has 1 rings (SSSR count). The average molecular weight is 286 g/mol. The fraction of sp³-hybridized carbons (Fsp3) is 0.769. The van der Waals surface area contributed by atoms with Gasteiger partial charge in [0.05, 0.1) is 13.2 Å². The van der Waals surface area contributed by atoms with Gasteiger partial charge in [-0.3, -0.25) is 14.4 Å². The van der Waals surface area contributed by atoms with Crippen LogP contribution >= 0.6 is 0 Å². The molecule has 0 aromatic rings. The lowest BCUT2D eigenvalue weighted by molar-refractivity contribution is -0.146. The highest BCUT2D eigenvalue weighted by Gasteiger charge is 2.22. The Morgan fingerprint density at radius 3 is 2.30 bits per heavy atom. The van der Waals surface area contributed by atoms with Gasteiger partial charge < -0.3 is 19.6 Å². The van der Waals surface area contributed by atoms with Gasteiger partial charge in [0, 0.05) is 32.0 Å². The summed E-state index contributed by atoms with van der Waals surface area (Å²) in [6.45, 7) is 5.33. The number of ether oxygens (including phenoxy) is 1. The van der Waals surface area contributed by atoms with Gasteiger partial charge in [-0.2, -0.15) is 0 Å². The zero-order chi connectivity index (χ0) is 15.1. The van der Waals surface area contributed by atoms with Crippen molar-refractivity contribution in [3.8, 4) is 0 Å². The molecule has 0 radical (unpaired) electrons. The Labute approximate surface area is 118 Å². The van der Waals surface area contributed by atoms with Crippen LogP contribution in [0.15, 0.2) is 0 Å². The van der Waals surface area contributed by atoms with Crippen LogP contribution in [-0.2, 0) is 19.1 Å². The highest BCUT2D eigenvalue weighted by molar-refractivity contribution is 5.86. The van der Waals surface area contributed by atoms with E-state index in [2.05, 4.69) is 0 Å². The van der Waals surface area contributed by atoms with Gasteiger partial charge in [0.1, 0.15) is 6.54 Å². The number of aliphatic carboxylic acids is 1. The molecule has 0 unspecified atom stereocenters. The smallest absolute Gasteiger partial charge is 0.323 e. The van der Waals surface area contributed by atoms with E-state index in [0.717, 1.165) is 0 Å². The van der Waals surface area contributed by atoms with Crippen molar-refractivity contribution in [3.63, 3.8) is 0 Å². The minimum atomic E-state index is -1.05. The third kappa shape index (κ3) is 5.16. The first-order valence-corrected chi connectivity index (χ1v) is 6.78. The molecule has 0 aromatic heterocycles. The van der Waals surface area contributed by atoms with Crippen LogP contribution < -0.4 is 0 Å². The number of morpholine rings is 1. The predicted molar refractivity (Wildman–Crippen MR) is 71.1 cm³/mol. The summed E-state index contributed by atoms with van der Waals surface area (Å²) >= 11 is 0. The molecular formula is C13H22N2O5. The first-order chi connectivity index (χ1) is 9.41. The summed E-state index contributed by atoms with van der Waals surface area (Å²) in [5.74, 6) is -1.43. The quantitative estimate of drug-likeness (QED) is 0.739. The molecule has 0 saturated carbocycles. The molecule has 114 valence electrons. The summed E-state index contributed by atoms with van der Waals surface area (Å²) in [7, 11) is 0. The number of carbonyl (C=O) groups is 3. The van der Waals surface area contributed by atoms with E-state index in [-0.39, 0.29) is 37.2 Å². The third-order valence-corrected chi connectivity index (χ3v) is 3.17. The van der Waals surface area contributed by atoms with Crippen LogP contribution in [0.4, 0.5) is 0 Å². The van der Waals surface area contributed by atoms with Crippen molar-refractivity contribution in [2.75, 3.05) is 32.8 Å². The summed E-state index contributed by atoms with van der Waals surface area (Å²) < 4.78 is 5.15. The van der Waals surface area contributed by atoms with Crippen LogP contribution in [-0.4, -0.2) is 71.6 Å². The maximum Gasteiger partial charge on any atom is 0.323 e. The highest BCUT2D eigenvalue weighted by atomic mass is 16.5. The zero-order valence-electron chi connectivity index (χ0n) is 12.0. The standard InChI is InChI=1S/C13H22N2O5/c1-10(2)15(9-13(18)19)12(17)4-3-11(16)14-5-7-20-8-6-14/h10H,3-9H2,1-2H3,(H,18,19). The second-order valence-electron chi connectivity index (χ2n) is 5.00. The van der Waals surface area contributed by atoms with E-state index in [4.69, 9.17) is 9.84 Å². The van der Waals surface area contributed by atoms with Crippen LogP contribution in [0.3, 0.4) is 0 Å². The summed E-state index contributed by atoms with van der Waals surface area (Å²) in [5.41, 5.74) is 0. The fourth-order valence-electron chi connectivity index (χ4n) is 2.03. The van der Waals surface area contributed by atoms with Gasteiger partial charge in [-0.25, -0.2) is 0 Å². The Morgan fingerprint density at radius 2 is 1.80 bits per heavy atom. The van der Waals surface area contributed by atoms with Crippen LogP contribution in [0.1, 0.15) is 26.7 Å². The second-order valence-corrected chi connectivity index (χ2v) is 5.00.